The van der Waals surface area contributed by atoms with Gasteiger partial charge in [0.1, 0.15) is 30.3 Å². The number of para-hydroxylation sites is 1. The van der Waals surface area contributed by atoms with Crippen LogP contribution in [0.3, 0.4) is 0 Å². The Morgan fingerprint density at radius 1 is 1.30 bits per heavy atom. The van der Waals surface area contributed by atoms with Gasteiger partial charge in [-0.1, -0.05) is 23.7 Å². The number of ether oxygens (including phenoxy) is 2. The molecule has 1 N–H and O–H groups in total. The molecule has 1 spiro atoms. The van der Waals surface area contributed by atoms with Gasteiger partial charge in [-0.15, -0.1) is 11.3 Å². The summed E-state index contributed by atoms with van der Waals surface area (Å²) in [6.07, 6.45) is 2.29. The van der Waals surface area contributed by atoms with Crippen molar-refractivity contribution in [1.82, 2.24) is 20.0 Å². The maximum absolute atomic E-state index is 14.8. The lowest BCUT2D eigenvalue weighted by molar-refractivity contribution is -0.182. The molecule has 0 bridgehead atoms. The normalized spacial score (nSPS) is 18.5. The molecule has 0 aliphatic carbocycles. The van der Waals surface area contributed by atoms with Crippen molar-refractivity contribution in [2.75, 3.05) is 26.7 Å². The number of hydrogen-bond acceptors (Lipinski definition) is 6. The minimum atomic E-state index is -3.04. The van der Waals surface area contributed by atoms with Crippen LogP contribution in [0.4, 0.5) is 18.0 Å². The van der Waals surface area contributed by atoms with E-state index < -0.39 is 30.0 Å². The van der Waals surface area contributed by atoms with E-state index in [9.17, 15) is 18.0 Å². The minimum Gasteiger partial charge on any atom is -0.445 e. The van der Waals surface area contributed by atoms with Crippen molar-refractivity contribution in [3.63, 3.8) is 0 Å². The number of thiophene rings is 1. The number of hydrogen-bond donors (Lipinski definition) is 1. The first-order chi connectivity index (χ1) is 17.6. The van der Waals surface area contributed by atoms with Crippen LogP contribution in [-0.4, -0.2) is 47.5 Å². The molecule has 0 radical (unpaired) electrons. The number of amides is 1. The van der Waals surface area contributed by atoms with Crippen LogP contribution in [0.5, 0.6) is 0 Å². The lowest BCUT2D eigenvalue weighted by Crippen LogP contribution is -2.48. The molecule has 0 unspecified atom stereocenters. The van der Waals surface area contributed by atoms with Crippen molar-refractivity contribution in [3.05, 3.63) is 67.9 Å². The molecule has 1 fully saturated rings. The van der Waals surface area contributed by atoms with E-state index in [1.54, 1.807) is 18.3 Å². The average Bonchev–Trinajstić information content (AvgIpc) is 3.45. The number of carbonyl (C=O) groups is 1. The number of alkyl carbamates (subject to hydrolysis) is 1. The van der Waals surface area contributed by atoms with Crippen molar-refractivity contribution >= 4 is 29.0 Å². The fourth-order valence-corrected chi connectivity index (χ4v) is 6.42. The highest BCUT2D eigenvalue weighted by Gasteiger charge is 2.51. The second kappa shape index (κ2) is 9.94. The van der Waals surface area contributed by atoms with Crippen molar-refractivity contribution < 1.29 is 27.4 Å². The fourth-order valence-electron chi connectivity index (χ4n) is 4.94. The highest BCUT2D eigenvalue weighted by atomic mass is 35.5. The molecular weight excluding hydrogens is 529 g/mol. The van der Waals surface area contributed by atoms with E-state index in [4.69, 9.17) is 21.1 Å². The topological polar surface area (TPSA) is 68.6 Å². The van der Waals surface area contributed by atoms with Gasteiger partial charge in [-0.3, -0.25) is 4.90 Å². The molecule has 5 rings (SSSR count). The lowest BCUT2D eigenvalue weighted by atomic mass is 9.84. The Kier molecular flexibility index (Phi) is 6.99. The number of fused-ring (bicyclic) bond motifs is 2. The van der Waals surface area contributed by atoms with Gasteiger partial charge in [0.15, 0.2) is 0 Å². The Balaban J connectivity index is 1.31. The Hall–Kier alpha value is -2.60. The second-order valence-corrected chi connectivity index (χ2v) is 11.0. The molecule has 2 aromatic heterocycles. The number of aromatic nitrogens is 2. The summed E-state index contributed by atoms with van der Waals surface area (Å²) in [5.41, 5.74) is 1.58. The van der Waals surface area contributed by atoms with Crippen LogP contribution in [0, 0.1) is 12.7 Å². The van der Waals surface area contributed by atoms with E-state index in [1.807, 2.05) is 6.92 Å². The predicted octanol–water partition coefficient (Wildman–Crippen LogP) is 5.50. The number of rotatable bonds is 5. The summed E-state index contributed by atoms with van der Waals surface area (Å²) in [5, 5.41) is 6.89. The van der Waals surface area contributed by atoms with Crippen molar-refractivity contribution in [3.8, 4) is 5.69 Å². The van der Waals surface area contributed by atoms with Crippen LogP contribution in [0.1, 0.15) is 40.1 Å². The quantitative estimate of drug-likeness (QED) is 0.451. The van der Waals surface area contributed by atoms with Crippen LogP contribution >= 0.6 is 22.9 Å². The molecule has 3 aromatic rings. The summed E-state index contributed by atoms with van der Waals surface area (Å²) in [7, 11) is 1.45. The molecule has 1 aromatic carbocycles. The highest BCUT2D eigenvalue weighted by Crippen LogP contribution is 2.52. The fraction of sp³-hybridized carbons (Fsp3) is 0.440. The van der Waals surface area contributed by atoms with E-state index in [0.29, 0.717) is 47.3 Å². The van der Waals surface area contributed by atoms with Gasteiger partial charge in [0.25, 0.3) is 5.92 Å². The standard InChI is InChI=1S/C25H26ClF3N4O3S/c1-15-17(12-33(31-15)21-16(4-3-5-19(21)27)13-35-23(34)30-2)11-32-8-6-24(7-9-32)22-18(10-20(26)37-22)25(28,29)14-36-24/h3-5,10,12H,6-9,11,13-14H2,1-2H3,(H,30,34). The van der Waals surface area contributed by atoms with Crippen LogP contribution < -0.4 is 5.32 Å². The number of piperidine rings is 1. The third-order valence-corrected chi connectivity index (χ3v) is 8.41. The summed E-state index contributed by atoms with van der Waals surface area (Å²) in [6.45, 7) is 2.93. The predicted molar refractivity (Wildman–Crippen MR) is 133 cm³/mol. The average molecular weight is 555 g/mol. The Morgan fingerprint density at radius 2 is 2.05 bits per heavy atom. The molecule has 2 aliphatic rings. The van der Waals surface area contributed by atoms with Crippen LogP contribution in [0.2, 0.25) is 4.34 Å². The highest BCUT2D eigenvalue weighted by molar-refractivity contribution is 7.16. The van der Waals surface area contributed by atoms with Gasteiger partial charge in [0, 0.05) is 54.4 Å². The number of likely N-dealkylation sites (tertiary alicyclic amines) is 1. The molecule has 37 heavy (non-hydrogen) atoms. The summed E-state index contributed by atoms with van der Waals surface area (Å²) in [5.74, 6) is -3.52. The number of benzene rings is 1. The third-order valence-electron chi connectivity index (χ3n) is 6.96. The first-order valence-electron chi connectivity index (χ1n) is 11.8. The molecule has 7 nitrogen and oxygen atoms in total. The van der Waals surface area contributed by atoms with Crippen molar-refractivity contribution in [2.24, 2.45) is 0 Å². The van der Waals surface area contributed by atoms with Gasteiger partial charge in [-0.05, 0) is 31.9 Å². The molecule has 1 saturated heterocycles. The number of carbonyl (C=O) groups excluding carboxylic acids is 1. The van der Waals surface area contributed by atoms with Crippen LogP contribution in [-0.2, 0) is 34.1 Å². The monoisotopic (exact) mass is 554 g/mol. The maximum atomic E-state index is 14.8. The number of nitrogens with one attached hydrogen (secondary N) is 1. The van der Waals surface area contributed by atoms with Gasteiger partial charge in [0.2, 0.25) is 0 Å². The van der Waals surface area contributed by atoms with Crippen molar-refractivity contribution in [1.29, 1.82) is 0 Å². The van der Waals surface area contributed by atoms with E-state index in [-0.39, 0.29) is 17.9 Å². The Labute approximate surface area is 221 Å². The van der Waals surface area contributed by atoms with E-state index >= 15 is 0 Å². The molecule has 0 atom stereocenters. The molecular formula is C25H26ClF3N4O3S. The van der Waals surface area contributed by atoms with Gasteiger partial charge in [-0.2, -0.15) is 13.9 Å². The van der Waals surface area contributed by atoms with E-state index in [2.05, 4.69) is 15.3 Å². The molecule has 1 amide bonds. The SMILES string of the molecule is CNC(=O)OCc1cccc(F)c1-n1cc(CN2CCC3(CC2)OCC(F)(F)c2cc(Cl)sc23)c(C)n1. The summed E-state index contributed by atoms with van der Waals surface area (Å²) < 4.78 is 56.4. The first-order valence-corrected chi connectivity index (χ1v) is 13.0. The third kappa shape index (κ3) is 4.97. The van der Waals surface area contributed by atoms with Crippen LogP contribution in [0.25, 0.3) is 5.69 Å². The van der Waals surface area contributed by atoms with Gasteiger partial charge >= 0.3 is 6.09 Å². The summed E-state index contributed by atoms with van der Waals surface area (Å²) >= 11 is 7.28. The van der Waals surface area contributed by atoms with Crippen LogP contribution in [0.15, 0.2) is 30.5 Å². The first kappa shape index (κ1) is 26.0. The largest absolute Gasteiger partial charge is 0.445 e. The maximum Gasteiger partial charge on any atom is 0.407 e. The molecule has 2 aliphatic heterocycles. The second-order valence-electron chi connectivity index (χ2n) is 9.31. The zero-order valence-electron chi connectivity index (χ0n) is 20.3. The van der Waals surface area contributed by atoms with Gasteiger partial charge < -0.3 is 14.8 Å². The number of alkyl halides is 2. The van der Waals surface area contributed by atoms with Gasteiger partial charge in [-0.25, -0.2) is 13.9 Å². The molecule has 0 saturated carbocycles. The molecule has 4 heterocycles. The number of aryl methyl sites for hydroxylation is 1. The summed E-state index contributed by atoms with van der Waals surface area (Å²) in [4.78, 5) is 14.2. The van der Waals surface area contributed by atoms with E-state index in [0.717, 1.165) is 11.3 Å². The number of nitrogens with zero attached hydrogens (tertiary/aromatic N) is 3. The van der Waals surface area contributed by atoms with E-state index in [1.165, 1.54) is 35.2 Å². The summed E-state index contributed by atoms with van der Waals surface area (Å²) in [6, 6.07) is 5.93. The van der Waals surface area contributed by atoms with Gasteiger partial charge in [0.05, 0.1) is 10.0 Å². The zero-order valence-corrected chi connectivity index (χ0v) is 21.9. The lowest BCUT2D eigenvalue weighted by Gasteiger charge is -2.45. The zero-order chi connectivity index (χ0) is 26.4. The van der Waals surface area contributed by atoms with Crippen molar-refractivity contribution in [2.45, 2.75) is 44.4 Å². The Morgan fingerprint density at radius 3 is 2.78 bits per heavy atom. The molecule has 198 valence electrons. The minimum absolute atomic E-state index is 0.0135. The Bertz CT molecular complexity index is 1320. The number of halogens is 4. The smallest absolute Gasteiger partial charge is 0.407 e. The molecule has 12 heteroatoms.